The Morgan fingerprint density at radius 1 is 0.906 bits per heavy atom. The van der Waals surface area contributed by atoms with Gasteiger partial charge in [-0.25, -0.2) is 0 Å². The molecular formula is C27H33NO4. The topological polar surface area (TPSA) is 87.5 Å². The third-order valence-electron chi connectivity index (χ3n) is 7.81. The maximum Gasteiger partial charge on any atom is 0.318 e. The molecule has 5 nitrogen and oxygen atoms in total. The molecule has 1 saturated carbocycles. The van der Waals surface area contributed by atoms with Crippen molar-refractivity contribution >= 4 is 11.9 Å². The number of rotatable bonds is 6. The highest BCUT2D eigenvalue weighted by atomic mass is 16.4. The Morgan fingerprint density at radius 3 is 1.94 bits per heavy atom. The van der Waals surface area contributed by atoms with Gasteiger partial charge in [0, 0.05) is 11.6 Å². The molecule has 0 amide bonds. The second-order valence-electron chi connectivity index (χ2n) is 11.0. The van der Waals surface area contributed by atoms with Gasteiger partial charge in [-0.2, -0.15) is 0 Å². The normalized spacial score (nSPS) is 19.9. The number of hydrogen-bond donors (Lipinski definition) is 2. The molecule has 0 unspecified atom stereocenters. The lowest BCUT2D eigenvalue weighted by Crippen LogP contribution is -2.34. The van der Waals surface area contributed by atoms with Gasteiger partial charge in [-0.05, 0) is 83.7 Å². The molecule has 1 aromatic heterocycles. The zero-order valence-electron chi connectivity index (χ0n) is 19.7. The van der Waals surface area contributed by atoms with Crippen molar-refractivity contribution in [3.05, 3.63) is 64.0 Å². The largest absolute Gasteiger partial charge is 0.481 e. The zero-order valence-corrected chi connectivity index (χ0v) is 19.7. The van der Waals surface area contributed by atoms with Gasteiger partial charge in [-0.15, -0.1) is 0 Å². The van der Waals surface area contributed by atoms with Crippen LogP contribution in [0.3, 0.4) is 0 Å². The molecule has 170 valence electrons. The smallest absolute Gasteiger partial charge is 0.318 e. The van der Waals surface area contributed by atoms with E-state index >= 15 is 0 Å². The second kappa shape index (κ2) is 7.43. The number of aryl methyl sites for hydroxylation is 1. The van der Waals surface area contributed by atoms with Crippen molar-refractivity contribution in [1.29, 1.82) is 0 Å². The maximum absolute atomic E-state index is 11.2. The average molecular weight is 436 g/mol. The van der Waals surface area contributed by atoms with Crippen LogP contribution in [0.4, 0.5) is 0 Å². The molecule has 2 aliphatic carbocycles. The third kappa shape index (κ3) is 3.72. The van der Waals surface area contributed by atoms with Gasteiger partial charge in [-0.3, -0.25) is 14.6 Å². The second-order valence-corrected chi connectivity index (χ2v) is 11.0. The Morgan fingerprint density at radius 2 is 1.47 bits per heavy atom. The molecule has 0 atom stereocenters. The highest BCUT2D eigenvalue weighted by Crippen LogP contribution is 2.56. The standard InChI is InChI=1S/C27H33NO4/c1-16-12-20-21(26(4,5)9-8-25(20,2)3)14-19(16)27(10-11-27)22-7-6-17(15-28-22)13-18(23(29)30)24(31)32/h6-7,12,14-15,18H,8-11,13H2,1-5H3,(H,29,30)(H,31,32). The van der Waals surface area contributed by atoms with Crippen LogP contribution in [0, 0.1) is 12.8 Å². The van der Waals surface area contributed by atoms with Crippen molar-refractivity contribution in [2.45, 2.75) is 83.0 Å². The molecule has 0 bridgehead atoms. The summed E-state index contributed by atoms with van der Waals surface area (Å²) < 4.78 is 0. The van der Waals surface area contributed by atoms with E-state index in [4.69, 9.17) is 15.2 Å². The summed E-state index contributed by atoms with van der Waals surface area (Å²) in [5.74, 6) is -4.10. The number of benzene rings is 1. The van der Waals surface area contributed by atoms with E-state index in [0.717, 1.165) is 18.5 Å². The lowest BCUT2D eigenvalue weighted by atomic mass is 9.62. The molecule has 4 rings (SSSR count). The molecule has 2 N–H and O–H groups in total. The molecule has 5 heteroatoms. The number of carboxylic acid groups (broad SMARTS) is 2. The Labute approximate surface area is 189 Å². The van der Waals surface area contributed by atoms with Gasteiger partial charge in [0.05, 0.1) is 5.69 Å². The number of carboxylic acids is 2. The summed E-state index contributed by atoms with van der Waals surface area (Å²) >= 11 is 0. The van der Waals surface area contributed by atoms with Crippen molar-refractivity contribution in [3.8, 4) is 0 Å². The van der Waals surface area contributed by atoms with Crippen LogP contribution in [0.25, 0.3) is 0 Å². The number of pyridine rings is 1. The van der Waals surface area contributed by atoms with Gasteiger partial charge in [0.2, 0.25) is 0 Å². The fraction of sp³-hybridized carbons (Fsp3) is 0.519. The van der Waals surface area contributed by atoms with Crippen molar-refractivity contribution in [2.75, 3.05) is 0 Å². The lowest BCUT2D eigenvalue weighted by Gasteiger charge is -2.43. The van der Waals surface area contributed by atoms with E-state index in [-0.39, 0.29) is 22.7 Å². The van der Waals surface area contributed by atoms with Crippen molar-refractivity contribution in [2.24, 2.45) is 5.92 Å². The number of aromatic nitrogens is 1. The summed E-state index contributed by atoms with van der Waals surface area (Å²) in [6.07, 6.45) is 6.02. The van der Waals surface area contributed by atoms with E-state index in [1.54, 1.807) is 6.20 Å². The summed E-state index contributed by atoms with van der Waals surface area (Å²) in [5, 5.41) is 18.3. The number of fused-ring (bicyclic) bond motifs is 1. The van der Waals surface area contributed by atoms with E-state index in [1.807, 2.05) is 12.1 Å². The summed E-state index contributed by atoms with van der Waals surface area (Å²) in [7, 11) is 0. The molecule has 32 heavy (non-hydrogen) atoms. The number of hydrogen-bond acceptors (Lipinski definition) is 3. The van der Waals surface area contributed by atoms with Gasteiger partial charge in [-0.1, -0.05) is 45.9 Å². The fourth-order valence-corrected chi connectivity index (χ4v) is 5.37. The van der Waals surface area contributed by atoms with Crippen LogP contribution in [-0.4, -0.2) is 27.1 Å². The molecule has 1 fully saturated rings. The molecule has 0 saturated heterocycles. The highest BCUT2D eigenvalue weighted by Gasteiger charge is 2.49. The van der Waals surface area contributed by atoms with Gasteiger partial charge in [0.25, 0.3) is 0 Å². The van der Waals surface area contributed by atoms with Gasteiger partial charge in [0.1, 0.15) is 0 Å². The number of nitrogens with zero attached hydrogens (tertiary/aromatic N) is 1. The van der Waals surface area contributed by atoms with E-state index in [2.05, 4.69) is 46.8 Å². The summed E-state index contributed by atoms with van der Waals surface area (Å²) in [6.45, 7) is 11.6. The highest BCUT2D eigenvalue weighted by molar-refractivity contribution is 5.93. The summed E-state index contributed by atoms with van der Waals surface area (Å²) in [6, 6.07) is 8.61. The Bertz CT molecular complexity index is 1060. The average Bonchev–Trinajstić information content (AvgIpc) is 3.51. The Kier molecular flexibility index (Phi) is 5.22. The minimum Gasteiger partial charge on any atom is -0.481 e. The van der Waals surface area contributed by atoms with E-state index in [0.29, 0.717) is 5.56 Å². The van der Waals surface area contributed by atoms with Crippen LogP contribution in [0.15, 0.2) is 30.5 Å². The summed E-state index contributed by atoms with van der Waals surface area (Å²) in [4.78, 5) is 27.1. The lowest BCUT2D eigenvalue weighted by molar-refractivity contribution is -0.154. The van der Waals surface area contributed by atoms with Crippen molar-refractivity contribution in [3.63, 3.8) is 0 Å². The molecule has 0 radical (unpaired) electrons. The number of carbonyl (C=O) groups is 2. The van der Waals surface area contributed by atoms with E-state index < -0.39 is 17.9 Å². The van der Waals surface area contributed by atoms with Crippen LogP contribution in [0.2, 0.25) is 0 Å². The molecule has 1 aromatic carbocycles. The Balaban J connectivity index is 1.69. The molecular weight excluding hydrogens is 402 g/mol. The predicted octanol–water partition coefficient (Wildman–Crippen LogP) is 5.15. The first-order chi connectivity index (χ1) is 14.9. The predicted molar refractivity (Wildman–Crippen MR) is 123 cm³/mol. The van der Waals surface area contributed by atoms with Crippen LogP contribution in [-0.2, 0) is 32.3 Å². The molecule has 2 aromatic rings. The summed E-state index contributed by atoms with van der Waals surface area (Å²) in [5.41, 5.74) is 7.38. The fourth-order valence-electron chi connectivity index (χ4n) is 5.37. The van der Waals surface area contributed by atoms with E-state index in [9.17, 15) is 9.59 Å². The van der Waals surface area contributed by atoms with Crippen molar-refractivity contribution in [1.82, 2.24) is 4.98 Å². The van der Waals surface area contributed by atoms with Crippen LogP contribution in [0.1, 0.15) is 86.9 Å². The minimum atomic E-state index is -1.45. The zero-order chi connectivity index (χ0) is 23.5. The quantitative estimate of drug-likeness (QED) is 0.613. The molecule has 0 aliphatic heterocycles. The first-order valence-electron chi connectivity index (χ1n) is 11.4. The van der Waals surface area contributed by atoms with Crippen LogP contribution >= 0.6 is 0 Å². The van der Waals surface area contributed by atoms with Gasteiger partial charge in [0.15, 0.2) is 5.92 Å². The first-order valence-corrected chi connectivity index (χ1v) is 11.4. The maximum atomic E-state index is 11.2. The number of aliphatic carboxylic acids is 2. The minimum absolute atomic E-state index is 0.0634. The third-order valence-corrected chi connectivity index (χ3v) is 7.81. The van der Waals surface area contributed by atoms with Crippen molar-refractivity contribution < 1.29 is 19.8 Å². The SMILES string of the molecule is Cc1cc2c(cc1C1(c3ccc(CC(C(=O)O)C(=O)O)cn3)CC1)C(C)(C)CCC2(C)C. The van der Waals surface area contributed by atoms with Crippen LogP contribution < -0.4 is 0 Å². The monoisotopic (exact) mass is 435 g/mol. The molecule has 2 aliphatic rings. The van der Waals surface area contributed by atoms with E-state index in [1.165, 1.54) is 35.1 Å². The first kappa shape index (κ1) is 22.5. The van der Waals surface area contributed by atoms with Crippen LogP contribution in [0.5, 0.6) is 0 Å². The Hall–Kier alpha value is -2.69. The van der Waals surface area contributed by atoms with Gasteiger partial charge >= 0.3 is 11.9 Å². The van der Waals surface area contributed by atoms with Gasteiger partial charge < -0.3 is 10.2 Å². The molecule has 1 heterocycles. The molecule has 0 spiro atoms.